The molecule has 0 fully saturated rings. The summed E-state index contributed by atoms with van der Waals surface area (Å²) >= 11 is 5.97. The van der Waals surface area contributed by atoms with Crippen LogP contribution in [0.4, 0.5) is 0 Å². The molecule has 0 unspecified atom stereocenters. The monoisotopic (exact) mass is 299 g/mol. The average molecular weight is 300 g/mol. The first-order valence-electron chi connectivity index (χ1n) is 7.19. The number of halogens is 1. The van der Waals surface area contributed by atoms with E-state index in [1.54, 1.807) is 0 Å². The van der Waals surface area contributed by atoms with E-state index in [4.69, 9.17) is 16.3 Å². The van der Waals surface area contributed by atoms with Gasteiger partial charge in [0.2, 0.25) is 0 Å². The first-order valence-corrected chi connectivity index (χ1v) is 7.56. The van der Waals surface area contributed by atoms with E-state index in [1.165, 1.54) is 11.1 Å². The van der Waals surface area contributed by atoms with E-state index in [1.807, 2.05) is 36.4 Å². The van der Waals surface area contributed by atoms with Crippen molar-refractivity contribution < 1.29 is 4.74 Å². The highest BCUT2D eigenvalue weighted by molar-refractivity contribution is 6.30. The summed E-state index contributed by atoms with van der Waals surface area (Å²) in [5.74, 6) is 0.883. The minimum atomic E-state index is 0.534. The van der Waals surface area contributed by atoms with Gasteiger partial charge in [-0.25, -0.2) is 0 Å². The van der Waals surface area contributed by atoms with Crippen molar-refractivity contribution in [1.82, 2.24) is 5.32 Å². The van der Waals surface area contributed by atoms with Gasteiger partial charge in [-0.15, -0.1) is 0 Å². The van der Waals surface area contributed by atoms with E-state index in [9.17, 15) is 0 Å². The third-order valence-corrected chi connectivity index (χ3v) is 3.82. The smallest absolute Gasteiger partial charge is 0.119 e. The van der Waals surface area contributed by atoms with Crippen molar-refractivity contribution in [2.75, 3.05) is 13.1 Å². The standard InChI is InChI=1S/C18H18ClNO/c19-17-3-1-2-14(12-17)13-21-18-6-4-15(5-7-18)16-8-10-20-11-9-16/h1-8,12,20H,9-11,13H2. The molecule has 2 nitrogen and oxygen atoms in total. The summed E-state index contributed by atoms with van der Waals surface area (Å²) in [4.78, 5) is 0. The van der Waals surface area contributed by atoms with Crippen molar-refractivity contribution in [2.24, 2.45) is 0 Å². The molecule has 0 radical (unpaired) electrons. The molecule has 3 rings (SSSR count). The first-order chi connectivity index (χ1) is 10.3. The number of hydrogen-bond acceptors (Lipinski definition) is 2. The van der Waals surface area contributed by atoms with Gasteiger partial charge in [0.15, 0.2) is 0 Å². The highest BCUT2D eigenvalue weighted by Gasteiger charge is 2.05. The Bertz CT molecular complexity index is 634. The van der Waals surface area contributed by atoms with Gasteiger partial charge in [-0.1, -0.05) is 41.9 Å². The molecule has 0 bridgehead atoms. The zero-order chi connectivity index (χ0) is 14.5. The van der Waals surface area contributed by atoms with Crippen LogP contribution < -0.4 is 10.1 Å². The summed E-state index contributed by atoms with van der Waals surface area (Å²) < 4.78 is 5.80. The van der Waals surface area contributed by atoms with Crippen molar-refractivity contribution in [3.8, 4) is 5.75 Å². The van der Waals surface area contributed by atoms with Crippen molar-refractivity contribution in [3.63, 3.8) is 0 Å². The Kier molecular flexibility index (Phi) is 4.59. The number of ether oxygens (including phenoxy) is 1. The zero-order valence-corrected chi connectivity index (χ0v) is 12.6. The molecule has 0 amide bonds. The van der Waals surface area contributed by atoms with Gasteiger partial charge < -0.3 is 10.1 Å². The van der Waals surface area contributed by atoms with Crippen LogP contribution in [0.25, 0.3) is 5.57 Å². The van der Waals surface area contributed by atoms with Crippen LogP contribution in [-0.2, 0) is 6.61 Å². The Morgan fingerprint density at radius 2 is 1.95 bits per heavy atom. The molecule has 0 saturated heterocycles. The molecule has 2 aromatic carbocycles. The highest BCUT2D eigenvalue weighted by atomic mass is 35.5. The largest absolute Gasteiger partial charge is 0.489 e. The Balaban J connectivity index is 1.63. The Labute approximate surface area is 130 Å². The number of nitrogens with one attached hydrogen (secondary N) is 1. The van der Waals surface area contributed by atoms with E-state index in [-0.39, 0.29) is 0 Å². The summed E-state index contributed by atoms with van der Waals surface area (Å²) in [6.07, 6.45) is 3.34. The zero-order valence-electron chi connectivity index (χ0n) is 11.8. The highest BCUT2D eigenvalue weighted by Crippen LogP contribution is 2.23. The third kappa shape index (κ3) is 3.87. The molecule has 21 heavy (non-hydrogen) atoms. The normalized spacial score (nSPS) is 14.6. The van der Waals surface area contributed by atoms with Gasteiger partial charge in [0.25, 0.3) is 0 Å². The quantitative estimate of drug-likeness (QED) is 0.909. The lowest BCUT2D eigenvalue weighted by Crippen LogP contribution is -2.19. The molecular weight excluding hydrogens is 282 g/mol. The van der Waals surface area contributed by atoms with Crippen molar-refractivity contribution in [2.45, 2.75) is 13.0 Å². The summed E-state index contributed by atoms with van der Waals surface area (Å²) in [5.41, 5.74) is 3.77. The molecule has 0 aromatic heterocycles. The van der Waals surface area contributed by atoms with Crippen molar-refractivity contribution >= 4 is 17.2 Å². The lowest BCUT2D eigenvalue weighted by Gasteiger charge is -2.14. The molecule has 1 N–H and O–H groups in total. The maximum absolute atomic E-state index is 5.97. The van der Waals surface area contributed by atoms with Crippen LogP contribution >= 0.6 is 11.6 Å². The molecule has 0 atom stereocenters. The second kappa shape index (κ2) is 6.79. The predicted molar refractivity (Wildman–Crippen MR) is 87.7 cm³/mol. The molecule has 3 heteroatoms. The minimum Gasteiger partial charge on any atom is -0.489 e. The molecule has 108 valence electrons. The fourth-order valence-corrected chi connectivity index (χ4v) is 2.66. The van der Waals surface area contributed by atoms with E-state index >= 15 is 0 Å². The second-order valence-corrected chi connectivity index (χ2v) is 5.56. The van der Waals surface area contributed by atoms with E-state index in [2.05, 4.69) is 23.5 Å². The van der Waals surface area contributed by atoms with Crippen LogP contribution in [-0.4, -0.2) is 13.1 Å². The lowest BCUT2D eigenvalue weighted by molar-refractivity contribution is 0.306. The number of hydrogen-bond donors (Lipinski definition) is 1. The van der Waals surface area contributed by atoms with Crippen LogP contribution in [0, 0.1) is 0 Å². The molecule has 0 spiro atoms. The molecule has 0 saturated carbocycles. The van der Waals surface area contributed by atoms with Crippen LogP contribution in [0.15, 0.2) is 54.6 Å². The summed E-state index contributed by atoms with van der Waals surface area (Å²) in [6, 6.07) is 16.1. The maximum atomic E-state index is 5.97. The average Bonchev–Trinajstić information content (AvgIpc) is 2.54. The molecule has 0 aliphatic carbocycles. The van der Waals surface area contributed by atoms with Crippen LogP contribution in [0.1, 0.15) is 17.5 Å². The van der Waals surface area contributed by atoms with Gasteiger partial charge >= 0.3 is 0 Å². The van der Waals surface area contributed by atoms with Crippen molar-refractivity contribution in [1.29, 1.82) is 0 Å². The predicted octanol–water partition coefficient (Wildman–Crippen LogP) is 4.30. The Morgan fingerprint density at radius 1 is 1.10 bits per heavy atom. The van der Waals surface area contributed by atoms with Crippen LogP contribution in [0.2, 0.25) is 5.02 Å². The summed E-state index contributed by atoms with van der Waals surface area (Å²) in [7, 11) is 0. The topological polar surface area (TPSA) is 21.3 Å². The van der Waals surface area contributed by atoms with E-state index in [0.29, 0.717) is 6.61 Å². The van der Waals surface area contributed by atoms with Crippen molar-refractivity contribution in [3.05, 3.63) is 70.8 Å². The molecule has 1 aliphatic rings. The van der Waals surface area contributed by atoms with Crippen LogP contribution in [0.5, 0.6) is 5.75 Å². The second-order valence-electron chi connectivity index (χ2n) is 5.13. The van der Waals surface area contributed by atoms with Gasteiger partial charge in [-0.05, 0) is 53.9 Å². The molecule has 1 heterocycles. The molecule has 2 aromatic rings. The van der Waals surface area contributed by atoms with Crippen LogP contribution in [0.3, 0.4) is 0 Å². The summed E-state index contributed by atoms with van der Waals surface area (Å²) in [5, 5.41) is 4.07. The van der Waals surface area contributed by atoms with Gasteiger partial charge in [-0.3, -0.25) is 0 Å². The molecular formula is C18H18ClNO. The van der Waals surface area contributed by atoms with Gasteiger partial charge in [0.05, 0.1) is 0 Å². The minimum absolute atomic E-state index is 0.534. The third-order valence-electron chi connectivity index (χ3n) is 3.58. The fraction of sp³-hybridized carbons (Fsp3) is 0.222. The molecule has 1 aliphatic heterocycles. The fourth-order valence-electron chi connectivity index (χ4n) is 2.44. The summed E-state index contributed by atoms with van der Waals surface area (Å²) in [6.45, 7) is 2.55. The SMILES string of the molecule is Clc1cccc(COc2ccc(C3=CCNCC3)cc2)c1. The Hall–Kier alpha value is -1.77. The number of rotatable bonds is 4. The lowest BCUT2D eigenvalue weighted by atomic mass is 10.0. The van der Waals surface area contributed by atoms with E-state index in [0.717, 1.165) is 35.8 Å². The first kappa shape index (κ1) is 14.2. The Morgan fingerprint density at radius 3 is 2.67 bits per heavy atom. The maximum Gasteiger partial charge on any atom is 0.119 e. The van der Waals surface area contributed by atoms with E-state index < -0.39 is 0 Å². The van der Waals surface area contributed by atoms with Gasteiger partial charge in [0.1, 0.15) is 12.4 Å². The van der Waals surface area contributed by atoms with Gasteiger partial charge in [-0.2, -0.15) is 0 Å². The number of benzene rings is 2. The van der Waals surface area contributed by atoms with Gasteiger partial charge in [0, 0.05) is 11.6 Å².